The van der Waals surface area contributed by atoms with E-state index >= 15 is 0 Å². The number of hydrogen-bond donors (Lipinski definition) is 0. The first-order valence-corrected chi connectivity index (χ1v) is 4.10. The molecule has 0 bridgehead atoms. The zero-order valence-electron chi connectivity index (χ0n) is 7.43. The fourth-order valence-electron chi connectivity index (χ4n) is 1.22. The van der Waals surface area contributed by atoms with Crippen LogP contribution >= 0.6 is 11.6 Å². The van der Waals surface area contributed by atoms with E-state index in [-0.39, 0.29) is 5.92 Å². The van der Waals surface area contributed by atoms with E-state index in [0.29, 0.717) is 5.15 Å². The Bertz CT molecular complexity index is 333. The molecule has 0 aromatic carbocycles. The molecule has 0 amide bonds. The van der Waals surface area contributed by atoms with Crippen LogP contribution in [-0.4, -0.2) is 9.78 Å². The van der Waals surface area contributed by atoms with Crippen molar-refractivity contribution in [3.8, 4) is 12.3 Å². The molecule has 0 spiro atoms. The lowest BCUT2D eigenvalue weighted by Crippen LogP contribution is -1.92. The molecule has 0 aliphatic rings. The van der Waals surface area contributed by atoms with E-state index in [1.807, 2.05) is 20.9 Å². The minimum atomic E-state index is 0.0335. The Kier molecular flexibility index (Phi) is 2.44. The average molecular weight is 183 g/mol. The monoisotopic (exact) mass is 182 g/mol. The summed E-state index contributed by atoms with van der Waals surface area (Å²) in [7, 11) is 1.81. The maximum absolute atomic E-state index is 5.99. The van der Waals surface area contributed by atoms with E-state index in [2.05, 4.69) is 11.0 Å². The largest absolute Gasteiger partial charge is 0.256 e. The van der Waals surface area contributed by atoms with Crippen molar-refractivity contribution in [3.63, 3.8) is 0 Å². The quantitative estimate of drug-likeness (QED) is 0.609. The predicted octanol–water partition coefficient (Wildman–Crippen LogP) is 2.12. The molecule has 1 unspecified atom stereocenters. The molecule has 0 radical (unpaired) electrons. The predicted molar refractivity (Wildman–Crippen MR) is 50.2 cm³/mol. The topological polar surface area (TPSA) is 17.8 Å². The van der Waals surface area contributed by atoms with Gasteiger partial charge in [0.1, 0.15) is 5.15 Å². The Balaban J connectivity index is 3.24. The Hall–Kier alpha value is -0.940. The molecule has 1 heterocycles. The minimum absolute atomic E-state index is 0.0335. The fourth-order valence-corrected chi connectivity index (χ4v) is 1.56. The highest BCUT2D eigenvalue weighted by Crippen LogP contribution is 2.26. The normalized spacial score (nSPS) is 12.6. The van der Waals surface area contributed by atoms with Crippen LogP contribution in [-0.2, 0) is 7.05 Å². The van der Waals surface area contributed by atoms with Gasteiger partial charge >= 0.3 is 0 Å². The SMILES string of the molecule is C#CC(C)c1c(C)nn(C)c1Cl. The number of hydrogen-bond acceptors (Lipinski definition) is 1. The molecule has 0 aliphatic carbocycles. The molecule has 1 atom stereocenters. The third-order valence-electron chi connectivity index (χ3n) is 1.88. The molecule has 0 aliphatic heterocycles. The summed E-state index contributed by atoms with van der Waals surface area (Å²) in [5.41, 5.74) is 1.87. The van der Waals surface area contributed by atoms with Crippen molar-refractivity contribution >= 4 is 11.6 Å². The average Bonchev–Trinajstić information content (AvgIpc) is 2.26. The van der Waals surface area contributed by atoms with Crippen molar-refractivity contribution < 1.29 is 0 Å². The zero-order chi connectivity index (χ0) is 9.30. The minimum Gasteiger partial charge on any atom is -0.256 e. The number of halogens is 1. The highest BCUT2D eigenvalue weighted by Gasteiger charge is 2.15. The first-order chi connectivity index (χ1) is 5.57. The first kappa shape index (κ1) is 9.15. The molecule has 64 valence electrons. The number of nitrogens with zero attached hydrogens (tertiary/aromatic N) is 2. The van der Waals surface area contributed by atoms with Crippen LogP contribution in [0.4, 0.5) is 0 Å². The van der Waals surface area contributed by atoms with E-state index in [4.69, 9.17) is 18.0 Å². The molecule has 1 aromatic rings. The Morgan fingerprint density at radius 3 is 2.58 bits per heavy atom. The van der Waals surface area contributed by atoms with E-state index in [1.54, 1.807) is 4.68 Å². The second-order valence-electron chi connectivity index (χ2n) is 2.80. The third kappa shape index (κ3) is 1.33. The van der Waals surface area contributed by atoms with Gasteiger partial charge in [-0.3, -0.25) is 4.68 Å². The molecule has 1 rings (SSSR count). The van der Waals surface area contributed by atoms with E-state index in [0.717, 1.165) is 11.3 Å². The maximum atomic E-state index is 5.99. The van der Waals surface area contributed by atoms with Gasteiger partial charge in [-0.15, -0.1) is 6.42 Å². The van der Waals surface area contributed by atoms with Crippen molar-refractivity contribution in [1.82, 2.24) is 9.78 Å². The summed E-state index contributed by atoms with van der Waals surface area (Å²) in [5.74, 6) is 2.67. The van der Waals surface area contributed by atoms with Crippen LogP contribution in [0.2, 0.25) is 5.15 Å². The van der Waals surface area contributed by atoms with Gasteiger partial charge in [-0.05, 0) is 13.8 Å². The molecule has 3 heteroatoms. The molecular weight excluding hydrogens is 172 g/mol. The Labute approximate surface area is 77.5 Å². The highest BCUT2D eigenvalue weighted by molar-refractivity contribution is 6.30. The third-order valence-corrected chi connectivity index (χ3v) is 2.33. The van der Waals surface area contributed by atoms with Gasteiger partial charge in [-0.2, -0.15) is 5.10 Å². The van der Waals surface area contributed by atoms with Gasteiger partial charge < -0.3 is 0 Å². The first-order valence-electron chi connectivity index (χ1n) is 3.73. The highest BCUT2D eigenvalue weighted by atomic mass is 35.5. The van der Waals surface area contributed by atoms with Crippen LogP contribution < -0.4 is 0 Å². The summed E-state index contributed by atoms with van der Waals surface area (Å²) >= 11 is 5.99. The van der Waals surface area contributed by atoms with Crippen LogP contribution in [0.25, 0.3) is 0 Å². The lowest BCUT2D eigenvalue weighted by atomic mass is 10.0. The summed E-state index contributed by atoms with van der Waals surface area (Å²) < 4.78 is 1.64. The second kappa shape index (κ2) is 3.20. The number of rotatable bonds is 1. The van der Waals surface area contributed by atoms with Crippen molar-refractivity contribution in [3.05, 3.63) is 16.4 Å². The van der Waals surface area contributed by atoms with Crippen LogP contribution in [0.3, 0.4) is 0 Å². The van der Waals surface area contributed by atoms with Gasteiger partial charge in [-0.25, -0.2) is 0 Å². The van der Waals surface area contributed by atoms with Crippen molar-refractivity contribution in [2.75, 3.05) is 0 Å². The number of aromatic nitrogens is 2. The molecule has 1 aromatic heterocycles. The van der Waals surface area contributed by atoms with Crippen LogP contribution in [0.5, 0.6) is 0 Å². The van der Waals surface area contributed by atoms with Crippen molar-refractivity contribution in [2.45, 2.75) is 19.8 Å². The van der Waals surface area contributed by atoms with Crippen LogP contribution in [0.15, 0.2) is 0 Å². The van der Waals surface area contributed by atoms with Gasteiger partial charge in [0.05, 0.1) is 5.69 Å². The molecule has 0 fully saturated rings. The molecule has 2 nitrogen and oxygen atoms in total. The van der Waals surface area contributed by atoms with E-state index < -0.39 is 0 Å². The van der Waals surface area contributed by atoms with Crippen LogP contribution in [0, 0.1) is 19.3 Å². The standard InChI is InChI=1S/C9H11ClN2/c1-5-6(2)8-7(3)11-12(4)9(8)10/h1,6H,2-4H3. The maximum Gasteiger partial charge on any atom is 0.131 e. The fraction of sp³-hybridized carbons (Fsp3) is 0.444. The Morgan fingerprint density at radius 1 is 1.67 bits per heavy atom. The summed E-state index contributed by atoms with van der Waals surface area (Å²) in [5, 5.41) is 4.81. The van der Waals surface area contributed by atoms with Gasteiger partial charge in [0.2, 0.25) is 0 Å². The van der Waals surface area contributed by atoms with Crippen LogP contribution in [0.1, 0.15) is 24.1 Å². The number of terminal acetylenes is 1. The second-order valence-corrected chi connectivity index (χ2v) is 3.16. The summed E-state index contributed by atoms with van der Waals surface area (Å²) in [6, 6.07) is 0. The molecule has 0 saturated heterocycles. The number of aryl methyl sites for hydroxylation is 2. The molecular formula is C9H11ClN2. The summed E-state index contributed by atoms with van der Waals surface area (Å²) in [6.45, 7) is 3.85. The van der Waals surface area contributed by atoms with Gasteiger partial charge in [0.15, 0.2) is 0 Å². The summed E-state index contributed by atoms with van der Waals surface area (Å²) in [4.78, 5) is 0. The summed E-state index contributed by atoms with van der Waals surface area (Å²) in [6.07, 6.45) is 5.31. The molecule has 12 heavy (non-hydrogen) atoms. The zero-order valence-corrected chi connectivity index (χ0v) is 8.18. The van der Waals surface area contributed by atoms with E-state index in [1.165, 1.54) is 0 Å². The van der Waals surface area contributed by atoms with Crippen molar-refractivity contribution in [2.24, 2.45) is 7.05 Å². The smallest absolute Gasteiger partial charge is 0.131 e. The molecule has 0 N–H and O–H groups in total. The Morgan fingerprint density at radius 2 is 2.25 bits per heavy atom. The van der Waals surface area contributed by atoms with Gasteiger partial charge in [-0.1, -0.05) is 17.5 Å². The van der Waals surface area contributed by atoms with Crippen molar-refractivity contribution in [1.29, 1.82) is 0 Å². The lowest BCUT2D eigenvalue weighted by molar-refractivity contribution is 0.757. The van der Waals surface area contributed by atoms with Gasteiger partial charge in [0, 0.05) is 18.5 Å². The van der Waals surface area contributed by atoms with Gasteiger partial charge in [0.25, 0.3) is 0 Å². The lowest BCUT2D eigenvalue weighted by Gasteiger charge is -2.01. The molecule has 0 saturated carbocycles. The van der Waals surface area contributed by atoms with E-state index in [9.17, 15) is 0 Å².